The molecule has 0 saturated carbocycles. The van der Waals surface area contributed by atoms with Crippen LogP contribution in [0, 0.1) is 0 Å². The highest BCUT2D eigenvalue weighted by Crippen LogP contribution is 2.24. The van der Waals surface area contributed by atoms with Gasteiger partial charge in [0.25, 0.3) is 5.91 Å². The Morgan fingerprint density at radius 3 is 2.88 bits per heavy atom. The van der Waals surface area contributed by atoms with Crippen molar-refractivity contribution in [2.75, 3.05) is 13.1 Å². The minimum absolute atomic E-state index is 0. The highest BCUT2D eigenvalue weighted by atomic mass is 35.5. The highest BCUT2D eigenvalue weighted by Gasteiger charge is 2.23. The van der Waals surface area contributed by atoms with Crippen molar-refractivity contribution in [1.82, 2.24) is 20.4 Å². The molecule has 1 amide bonds. The molecule has 1 fully saturated rings. The summed E-state index contributed by atoms with van der Waals surface area (Å²) in [5.41, 5.74) is 2.40. The van der Waals surface area contributed by atoms with Crippen LogP contribution < -0.4 is 10.6 Å². The third-order valence-corrected chi connectivity index (χ3v) is 4.52. The quantitative estimate of drug-likeness (QED) is 0.849. The van der Waals surface area contributed by atoms with Crippen molar-refractivity contribution in [3.8, 4) is 5.69 Å². The summed E-state index contributed by atoms with van der Waals surface area (Å²) in [4.78, 5) is 12.7. The molecule has 0 bridgehead atoms. The molecular formula is C18H24Cl2N4O. The van der Waals surface area contributed by atoms with Crippen molar-refractivity contribution in [3.05, 3.63) is 46.7 Å². The van der Waals surface area contributed by atoms with E-state index in [0.717, 1.165) is 37.3 Å². The van der Waals surface area contributed by atoms with E-state index in [-0.39, 0.29) is 30.3 Å². The fourth-order valence-corrected chi connectivity index (χ4v) is 3.32. The van der Waals surface area contributed by atoms with E-state index in [1.165, 1.54) is 0 Å². The number of benzene rings is 1. The minimum atomic E-state index is -0.0549. The summed E-state index contributed by atoms with van der Waals surface area (Å²) >= 11 is 6.10. The maximum atomic E-state index is 12.7. The molecule has 1 aromatic carbocycles. The smallest absolute Gasteiger partial charge is 0.255 e. The molecule has 25 heavy (non-hydrogen) atoms. The van der Waals surface area contributed by atoms with E-state index in [2.05, 4.69) is 29.6 Å². The number of piperidine rings is 1. The fourth-order valence-electron chi connectivity index (χ4n) is 3.14. The van der Waals surface area contributed by atoms with Gasteiger partial charge in [-0.05, 0) is 43.5 Å². The second kappa shape index (κ2) is 8.70. The van der Waals surface area contributed by atoms with E-state index in [4.69, 9.17) is 11.6 Å². The number of rotatable bonds is 4. The molecule has 1 saturated heterocycles. The maximum absolute atomic E-state index is 12.7. The fraction of sp³-hybridized carbons (Fsp3) is 0.444. The molecule has 136 valence electrons. The average molecular weight is 383 g/mol. The molecule has 1 aliphatic heterocycles. The summed E-state index contributed by atoms with van der Waals surface area (Å²) in [7, 11) is 0. The lowest BCUT2D eigenvalue weighted by atomic mass is 10.0. The standard InChI is InChI=1S/C18H23ClN4O.ClH/c1-12(2)17-16(18(24)22-14-6-4-8-20-10-14)11-21-23(17)15-7-3-5-13(19)9-15;/h3,5,7,9,11-12,14,20H,4,6,8,10H2,1-2H3,(H,22,24);1H. The van der Waals surface area contributed by atoms with E-state index in [1.807, 2.05) is 28.9 Å². The zero-order chi connectivity index (χ0) is 17.1. The largest absolute Gasteiger partial charge is 0.348 e. The highest BCUT2D eigenvalue weighted by molar-refractivity contribution is 6.30. The van der Waals surface area contributed by atoms with Crippen LogP contribution in [0.5, 0.6) is 0 Å². The number of hydrogen-bond donors (Lipinski definition) is 2. The molecule has 1 unspecified atom stereocenters. The molecule has 2 N–H and O–H groups in total. The Balaban J connectivity index is 0.00000225. The van der Waals surface area contributed by atoms with Crippen molar-refractivity contribution in [2.45, 2.75) is 38.6 Å². The molecule has 5 nitrogen and oxygen atoms in total. The van der Waals surface area contributed by atoms with Gasteiger partial charge in [0.1, 0.15) is 0 Å². The number of halogens is 2. The zero-order valence-electron chi connectivity index (χ0n) is 14.5. The summed E-state index contributed by atoms with van der Waals surface area (Å²) < 4.78 is 1.81. The lowest BCUT2D eigenvalue weighted by Gasteiger charge is -2.24. The number of nitrogens with zero attached hydrogens (tertiary/aromatic N) is 2. The van der Waals surface area contributed by atoms with Gasteiger partial charge in [0, 0.05) is 17.6 Å². The number of hydrogen-bond acceptors (Lipinski definition) is 3. The third kappa shape index (κ3) is 4.54. The number of nitrogens with one attached hydrogen (secondary N) is 2. The Morgan fingerprint density at radius 1 is 1.44 bits per heavy atom. The van der Waals surface area contributed by atoms with Crippen LogP contribution >= 0.6 is 24.0 Å². The van der Waals surface area contributed by atoms with Crippen LogP contribution in [0.25, 0.3) is 5.69 Å². The van der Waals surface area contributed by atoms with Gasteiger partial charge >= 0.3 is 0 Å². The number of carbonyl (C=O) groups is 1. The summed E-state index contributed by atoms with van der Waals surface area (Å²) in [6.07, 6.45) is 3.75. The molecule has 0 spiro atoms. The Morgan fingerprint density at radius 2 is 2.24 bits per heavy atom. The predicted octanol–water partition coefficient (Wildman–Crippen LogP) is 3.55. The lowest BCUT2D eigenvalue weighted by Crippen LogP contribution is -2.45. The molecule has 1 atom stereocenters. The summed E-state index contributed by atoms with van der Waals surface area (Å²) in [5, 5.41) is 11.5. The van der Waals surface area contributed by atoms with Gasteiger partial charge in [0.05, 0.1) is 23.1 Å². The van der Waals surface area contributed by atoms with E-state index in [9.17, 15) is 4.79 Å². The molecule has 3 rings (SSSR count). The first-order valence-corrected chi connectivity index (χ1v) is 8.79. The van der Waals surface area contributed by atoms with Crippen molar-refractivity contribution >= 4 is 29.9 Å². The SMILES string of the molecule is CC(C)c1c(C(=O)NC2CCCNC2)cnn1-c1cccc(Cl)c1.Cl. The van der Waals surface area contributed by atoms with Gasteiger partial charge in [0.2, 0.25) is 0 Å². The van der Waals surface area contributed by atoms with Gasteiger partial charge in [0.15, 0.2) is 0 Å². The average Bonchev–Trinajstić information content (AvgIpc) is 3.01. The molecule has 2 heterocycles. The molecule has 0 radical (unpaired) electrons. The van der Waals surface area contributed by atoms with Crippen molar-refractivity contribution < 1.29 is 4.79 Å². The van der Waals surface area contributed by atoms with E-state index in [1.54, 1.807) is 6.20 Å². The Bertz CT molecular complexity index is 724. The third-order valence-electron chi connectivity index (χ3n) is 4.28. The number of aromatic nitrogens is 2. The molecule has 0 aliphatic carbocycles. The second-order valence-corrected chi connectivity index (χ2v) is 6.94. The van der Waals surface area contributed by atoms with Crippen molar-refractivity contribution in [3.63, 3.8) is 0 Å². The maximum Gasteiger partial charge on any atom is 0.255 e. The van der Waals surface area contributed by atoms with E-state index in [0.29, 0.717) is 10.6 Å². The first-order chi connectivity index (χ1) is 11.6. The number of amides is 1. The Hall–Kier alpha value is -1.56. The summed E-state index contributed by atoms with van der Waals surface area (Å²) in [5.74, 6) is 0.109. The van der Waals surface area contributed by atoms with Gasteiger partial charge in [-0.15, -0.1) is 12.4 Å². The van der Waals surface area contributed by atoms with Crippen LogP contribution in [-0.4, -0.2) is 34.8 Å². The molecule has 2 aromatic rings. The summed E-state index contributed by atoms with van der Waals surface area (Å²) in [6, 6.07) is 7.69. The van der Waals surface area contributed by atoms with Gasteiger partial charge in [-0.1, -0.05) is 31.5 Å². The first kappa shape index (κ1) is 19.8. The molecule has 1 aromatic heterocycles. The van der Waals surface area contributed by atoms with Gasteiger partial charge in [-0.3, -0.25) is 4.79 Å². The normalized spacial score (nSPS) is 17.2. The lowest BCUT2D eigenvalue weighted by molar-refractivity contribution is 0.0929. The van der Waals surface area contributed by atoms with Crippen LogP contribution in [0.15, 0.2) is 30.5 Å². The molecule has 7 heteroatoms. The van der Waals surface area contributed by atoms with Crippen LogP contribution in [0.2, 0.25) is 5.02 Å². The zero-order valence-corrected chi connectivity index (χ0v) is 16.0. The number of carbonyl (C=O) groups excluding carboxylic acids is 1. The Labute approximate surface area is 159 Å². The predicted molar refractivity (Wildman–Crippen MR) is 103 cm³/mol. The monoisotopic (exact) mass is 382 g/mol. The topological polar surface area (TPSA) is 59.0 Å². The Kier molecular flexibility index (Phi) is 6.87. The van der Waals surface area contributed by atoms with Crippen LogP contribution in [0.1, 0.15) is 48.7 Å². The second-order valence-electron chi connectivity index (χ2n) is 6.51. The van der Waals surface area contributed by atoms with E-state index < -0.39 is 0 Å². The summed E-state index contributed by atoms with van der Waals surface area (Å²) in [6.45, 7) is 5.98. The van der Waals surface area contributed by atoms with Gasteiger partial charge in [-0.25, -0.2) is 4.68 Å². The molecule has 1 aliphatic rings. The van der Waals surface area contributed by atoms with Gasteiger partial charge in [-0.2, -0.15) is 5.10 Å². The molecular weight excluding hydrogens is 359 g/mol. The first-order valence-electron chi connectivity index (χ1n) is 8.41. The van der Waals surface area contributed by atoms with Crippen molar-refractivity contribution in [1.29, 1.82) is 0 Å². The van der Waals surface area contributed by atoms with E-state index >= 15 is 0 Å². The van der Waals surface area contributed by atoms with Crippen LogP contribution in [0.4, 0.5) is 0 Å². The van der Waals surface area contributed by atoms with Gasteiger partial charge < -0.3 is 10.6 Å². The minimum Gasteiger partial charge on any atom is -0.348 e. The van der Waals surface area contributed by atoms with Crippen LogP contribution in [0.3, 0.4) is 0 Å². The van der Waals surface area contributed by atoms with Crippen molar-refractivity contribution in [2.24, 2.45) is 0 Å². The van der Waals surface area contributed by atoms with Crippen LogP contribution in [-0.2, 0) is 0 Å².